The van der Waals surface area contributed by atoms with E-state index in [-0.39, 0.29) is 29.3 Å². The van der Waals surface area contributed by atoms with Crippen LogP contribution in [0.5, 0.6) is 11.6 Å². The zero-order valence-corrected chi connectivity index (χ0v) is 16.3. The molecule has 0 bridgehead atoms. The largest absolute Gasteiger partial charge is 0.461 e. The normalized spacial score (nSPS) is 12.2. The second-order valence-corrected chi connectivity index (χ2v) is 7.13. The third kappa shape index (κ3) is 4.30. The van der Waals surface area contributed by atoms with Gasteiger partial charge in [0.1, 0.15) is 11.3 Å². The van der Waals surface area contributed by atoms with Gasteiger partial charge in [0.25, 0.3) is 0 Å². The van der Waals surface area contributed by atoms with Crippen molar-refractivity contribution in [2.75, 3.05) is 6.61 Å². The first kappa shape index (κ1) is 21.7. The van der Waals surface area contributed by atoms with Crippen molar-refractivity contribution in [1.82, 2.24) is 9.78 Å². The summed E-state index contributed by atoms with van der Waals surface area (Å²) >= 11 is 0. The van der Waals surface area contributed by atoms with Crippen LogP contribution in [0, 0.1) is 6.92 Å². The van der Waals surface area contributed by atoms with Crippen molar-refractivity contribution >= 4 is 5.97 Å². The van der Waals surface area contributed by atoms with Crippen molar-refractivity contribution in [3.63, 3.8) is 0 Å². The quantitative estimate of drug-likeness (QED) is 0.752. The smallest absolute Gasteiger partial charge is 0.420 e. The minimum absolute atomic E-state index is 0.00357. The van der Waals surface area contributed by atoms with Crippen molar-refractivity contribution in [3.8, 4) is 11.6 Å². The summed E-state index contributed by atoms with van der Waals surface area (Å²) in [6, 6.07) is 3.69. The zero-order valence-electron chi connectivity index (χ0n) is 16.3. The third-order valence-electron chi connectivity index (χ3n) is 3.95. The maximum atomic E-state index is 13.6. The Bertz CT molecular complexity index is 867. The molecule has 2 aromatic rings. The van der Waals surface area contributed by atoms with Crippen molar-refractivity contribution in [1.29, 1.82) is 0 Å². The molecule has 1 aromatic carbocycles. The first-order chi connectivity index (χ1) is 12.9. The minimum atomic E-state index is -4.74. The van der Waals surface area contributed by atoms with Gasteiger partial charge in [0.15, 0.2) is 5.69 Å². The van der Waals surface area contributed by atoms with Crippen LogP contribution in [0.2, 0.25) is 0 Å². The van der Waals surface area contributed by atoms with Gasteiger partial charge < -0.3 is 14.6 Å². The van der Waals surface area contributed by atoms with Crippen molar-refractivity contribution in [2.24, 2.45) is 0 Å². The summed E-state index contributed by atoms with van der Waals surface area (Å²) in [5.41, 5.74) is -1.83. The van der Waals surface area contributed by atoms with Crippen LogP contribution in [0.1, 0.15) is 54.9 Å². The van der Waals surface area contributed by atoms with Crippen LogP contribution < -0.4 is 4.74 Å². The number of alkyl halides is 3. The minimum Gasteiger partial charge on any atom is -0.461 e. The lowest BCUT2D eigenvalue weighted by Crippen LogP contribution is -2.24. The van der Waals surface area contributed by atoms with Crippen molar-refractivity contribution < 1.29 is 32.5 Å². The van der Waals surface area contributed by atoms with Crippen molar-refractivity contribution in [2.45, 2.75) is 52.9 Å². The summed E-state index contributed by atoms with van der Waals surface area (Å²) in [7, 11) is 0. The number of carbonyl (C=O) groups excluding carboxylic acids is 1. The van der Waals surface area contributed by atoms with Crippen LogP contribution in [0.3, 0.4) is 0 Å². The summed E-state index contributed by atoms with van der Waals surface area (Å²) < 4.78 is 52.7. The molecule has 1 heterocycles. The molecule has 0 saturated carbocycles. The molecule has 6 nitrogen and oxygen atoms in total. The monoisotopic (exact) mass is 400 g/mol. The molecule has 0 spiro atoms. The van der Waals surface area contributed by atoms with Gasteiger partial charge >= 0.3 is 12.1 Å². The maximum absolute atomic E-state index is 13.6. The molecule has 0 atom stereocenters. The molecule has 0 aliphatic heterocycles. The molecule has 0 amide bonds. The summed E-state index contributed by atoms with van der Waals surface area (Å²) in [6.07, 6.45) is -4.74. The molecular weight excluding hydrogens is 377 g/mol. The van der Waals surface area contributed by atoms with E-state index in [1.165, 1.54) is 23.7 Å². The van der Waals surface area contributed by atoms with Gasteiger partial charge in [-0.1, -0.05) is 12.1 Å². The Balaban J connectivity index is 2.66. The van der Waals surface area contributed by atoms with E-state index in [1.54, 1.807) is 27.7 Å². The maximum Gasteiger partial charge on any atom is 0.420 e. The van der Waals surface area contributed by atoms with E-state index in [0.29, 0.717) is 0 Å². The van der Waals surface area contributed by atoms with Gasteiger partial charge in [0, 0.05) is 5.56 Å². The van der Waals surface area contributed by atoms with Crippen LogP contribution >= 0.6 is 0 Å². The number of hydrogen-bond donors (Lipinski definition) is 1. The number of aliphatic hydroxyl groups is 1. The van der Waals surface area contributed by atoms with Gasteiger partial charge in [-0.25, -0.2) is 9.48 Å². The number of rotatable bonds is 5. The van der Waals surface area contributed by atoms with Gasteiger partial charge in [-0.3, -0.25) is 0 Å². The highest BCUT2D eigenvalue weighted by atomic mass is 19.4. The van der Waals surface area contributed by atoms with E-state index >= 15 is 0 Å². The highest BCUT2D eigenvalue weighted by molar-refractivity contribution is 5.89. The molecule has 0 aliphatic rings. The lowest BCUT2D eigenvalue weighted by atomic mass is 10.1. The van der Waals surface area contributed by atoms with E-state index in [1.807, 2.05) is 0 Å². The SMILES string of the molecule is CCOC(=O)c1nn(C(C)(C)C)c(Oc2cccc(CO)c2C(F)(F)F)c1C. The van der Waals surface area contributed by atoms with Crippen LogP contribution in [0.25, 0.3) is 0 Å². The molecule has 1 N–H and O–H groups in total. The van der Waals surface area contributed by atoms with Crippen LogP contribution in [0.4, 0.5) is 13.2 Å². The van der Waals surface area contributed by atoms with E-state index in [9.17, 15) is 23.1 Å². The first-order valence-corrected chi connectivity index (χ1v) is 8.66. The number of aromatic nitrogens is 2. The second kappa shape index (κ2) is 7.83. The Kier molecular flexibility index (Phi) is 6.08. The Morgan fingerprint density at radius 1 is 1.25 bits per heavy atom. The summed E-state index contributed by atoms with van der Waals surface area (Å²) in [5.74, 6) is -1.17. The molecule has 0 radical (unpaired) electrons. The van der Waals surface area contributed by atoms with E-state index < -0.39 is 35.6 Å². The molecule has 154 valence electrons. The highest BCUT2D eigenvalue weighted by Crippen LogP contribution is 2.42. The first-order valence-electron chi connectivity index (χ1n) is 8.66. The van der Waals surface area contributed by atoms with Crippen LogP contribution in [-0.4, -0.2) is 27.5 Å². The van der Waals surface area contributed by atoms with Crippen molar-refractivity contribution in [3.05, 3.63) is 40.6 Å². The number of ether oxygens (including phenoxy) is 2. The van der Waals surface area contributed by atoms with Gasteiger partial charge in [-0.15, -0.1) is 0 Å². The second-order valence-electron chi connectivity index (χ2n) is 7.13. The fraction of sp³-hybridized carbons (Fsp3) is 0.474. The molecule has 0 aliphatic carbocycles. The standard InChI is InChI=1S/C19H23F3N2O4/c1-6-27-17(26)15-11(2)16(24(23-15)18(3,4)5)28-13-9-7-8-12(10-25)14(13)19(20,21)22/h7-9,25H,6,10H2,1-5H3. The fourth-order valence-electron chi connectivity index (χ4n) is 2.67. The molecule has 0 saturated heterocycles. The average Bonchev–Trinajstić information content (AvgIpc) is 2.91. The fourth-order valence-corrected chi connectivity index (χ4v) is 2.67. The van der Waals surface area contributed by atoms with E-state index in [2.05, 4.69) is 5.10 Å². The van der Waals surface area contributed by atoms with Gasteiger partial charge in [0.2, 0.25) is 5.88 Å². The summed E-state index contributed by atoms with van der Waals surface area (Å²) in [4.78, 5) is 12.2. The Morgan fingerprint density at radius 3 is 2.39 bits per heavy atom. The Hall–Kier alpha value is -2.55. The van der Waals surface area contributed by atoms with E-state index in [4.69, 9.17) is 9.47 Å². The zero-order chi connectivity index (χ0) is 21.3. The van der Waals surface area contributed by atoms with Gasteiger partial charge in [-0.05, 0) is 46.2 Å². The number of esters is 1. The third-order valence-corrected chi connectivity index (χ3v) is 3.95. The number of aliphatic hydroxyl groups excluding tert-OH is 1. The Labute approximate surface area is 160 Å². The molecule has 2 rings (SSSR count). The molecule has 0 unspecified atom stereocenters. The number of benzene rings is 1. The number of carbonyl (C=O) groups is 1. The molecule has 1 aromatic heterocycles. The summed E-state index contributed by atoms with van der Waals surface area (Å²) in [6.45, 7) is 7.83. The number of halogens is 3. The lowest BCUT2D eigenvalue weighted by Gasteiger charge is -2.23. The Morgan fingerprint density at radius 2 is 1.89 bits per heavy atom. The van der Waals surface area contributed by atoms with Crippen LogP contribution in [-0.2, 0) is 23.1 Å². The molecule has 9 heteroatoms. The van der Waals surface area contributed by atoms with E-state index in [0.717, 1.165) is 6.07 Å². The molecule has 28 heavy (non-hydrogen) atoms. The predicted octanol–water partition coefficient (Wildman–Crippen LogP) is 4.43. The number of nitrogens with zero attached hydrogens (tertiary/aromatic N) is 2. The predicted molar refractivity (Wildman–Crippen MR) is 95.4 cm³/mol. The molecular formula is C19H23F3N2O4. The van der Waals surface area contributed by atoms with Gasteiger partial charge in [-0.2, -0.15) is 18.3 Å². The lowest BCUT2D eigenvalue weighted by molar-refractivity contribution is -0.139. The van der Waals surface area contributed by atoms with Gasteiger partial charge in [0.05, 0.1) is 18.8 Å². The number of hydrogen-bond acceptors (Lipinski definition) is 5. The average molecular weight is 400 g/mol. The van der Waals surface area contributed by atoms with Crippen LogP contribution in [0.15, 0.2) is 18.2 Å². The summed E-state index contributed by atoms with van der Waals surface area (Å²) in [5, 5.41) is 13.5. The topological polar surface area (TPSA) is 73.6 Å². The molecule has 0 fully saturated rings. The highest BCUT2D eigenvalue weighted by Gasteiger charge is 2.38.